The number of nitrogens with one attached hydrogen (secondary N) is 1. The fourth-order valence-electron chi connectivity index (χ4n) is 4.06. The number of piperazine rings is 1. The van der Waals surface area contributed by atoms with E-state index in [1.54, 1.807) is 18.2 Å². The number of aryl methyl sites for hydroxylation is 2. The molecule has 2 aromatic heterocycles. The maximum atomic E-state index is 15.2. The maximum absolute atomic E-state index is 15.2. The Morgan fingerprint density at radius 3 is 2.82 bits per heavy atom. The van der Waals surface area contributed by atoms with Crippen LogP contribution in [0.1, 0.15) is 23.0 Å². The van der Waals surface area contributed by atoms with Crippen LogP contribution in [0.25, 0.3) is 10.9 Å². The number of rotatable bonds is 6. The van der Waals surface area contributed by atoms with Gasteiger partial charge in [0.15, 0.2) is 11.6 Å². The van der Waals surface area contributed by atoms with Crippen molar-refractivity contribution < 1.29 is 9.13 Å². The average Bonchev–Trinajstić information content (AvgIpc) is 3.13. The Labute approximate surface area is 191 Å². The van der Waals surface area contributed by atoms with Gasteiger partial charge >= 0.3 is 0 Å². The SMILES string of the molecule is C=C/C=C(\C(N)c1ncnc(Oc2ccc3c(cc(C)n3C)c2F)c1C#N)N1CCNCC1. The molecule has 0 aliphatic carbocycles. The van der Waals surface area contributed by atoms with Gasteiger partial charge in [-0.15, -0.1) is 0 Å². The summed E-state index contributed by atoms with van der Waals surface area (Å²) in [7, 11) is 1.87. The number of hydrogen-bond acceptors (Lipinski definition) is 7. The highest BCUT2D eigenvalue weighted by Gasteiger charge is 2.26. The smallest absolute Gasteiger partial charge is 0.240 e. The molecule has 0 amide bonds. The number of nitrogens with two attached hydrogens (primary N) is 1. The average molecular weight is 448 g/mol. The van der Waals surface area contributed by atoms with E-state index in [1.165, 1.54) is 12.4 Å². The van der Waals surface area contributed by atoms with E-state index in [9.17, 15) is 5.26 Å². The zero-order chi connectivity index (χ0) is 23.5. The molecule has 1 aromatic carbocycles. The van der Waals surface area contributed by atoms with Crippen molar-refractivity contribution in [3.8, 4) is 17.7 Å². The second-order valence-electron chi connectivity index (χ2n) is 7.85. The van der Waals surface area contributed by atoms with Crippen LogP contribution >= 0.6 is 0 Å². The summed E-state index contributed by atoms with van der Waals surface area (Å²) in [6, 6.07) is 6.45. The first-order chi connectivity index (χ1) is 16.0. The fourth-order valence-corrected chi connectivity index (χ4v) is 4.06. The van der Waals surface area contributed by atoms with Crippen molar-refractivity contribution in [3.63, 3.8) is 0 Å². The van der Waals surface area contributed by atoms with Gasteiger partial charge in [-0.2, -0.15) is 5.26 Å². The lowest BCUT2D eigenvalue weighted by Gasteiger charge is -2.34. The zero-order valence-electron chi connectivity index (χ0n) is 18.7. The van der Waals surface area contributed by atoms with E-state index in [-0.39, 0.29) is 17.2 Å². The first-order valence-electron chi connectivity index (χ1n) is 10.7. The molecule has 8 nitrogen and oxygen atoms in total. The Morgan fingerprint density at radius 2 is 2.12 bits per heavy atom. The van der Waals surface area contributed by atoms with E-state index in [4.69, 9.17) is 10.5 Å². The molecule has 0 saturated carbocycles. The lowest BCUT2D eigenvalue weighted by molar-refractivity contribution is 0.282. The van der Waals surface area contributed by atoms with Crippen LogP contribution in [0.4, 0.5) is 4.39 Å². The molecule has 3 aromatic rings. The largest absolute Gasteiger partial charge is 0.434 e. The van der Waals surface area contributed by atoms with Crippen LogP contribution in [-0.2, 0) is 7.05 Å². The van der Waals surface area contributed by atoms with E-state index in [0.29, 0.717) is 11.1 Å². The molecule has 0 radical (unpaired) electrons. The summed E-state index contributed by atoms with van der Waals surface area (Å²) in [5.41, 5.74) is 9.41. The van der Waals surface area contributed by atoms with Gasteiger partial charge in [-0.05, 0) is 31.2 Å². The summed E-state index contributed by atoms with van der Waals surface area (Å²) in [5.74, 6) is -0.577. The molecule has 1 atom stereocenters. The van der Waals surface area contributed by atoms with Crippen LogP contribution in [-0.4, -0.2) is 45.6 Å². The minimum Gasteiger partial charge on any atom is -0.434 e. The quantitative estimate of drug-likeness (QED) is 0.560. The number of ether oxygens (including phenoxy) is 1. The predicted molar refractivity (Wildman–Crippen MR) is 124 cm³/mol. The van der Waals surface area contributed by atoms with Crippen molar-refractivity contribution in [3.05, 3.63) is 71.7 Å². The van der Waals surface area contributed by atoms with Crippen molar-refractivity contribution in [2.24, 2.45) is 12.8 Å². The van der Waals surface area contributed by atoms with Crippen LogP contribution in [0.3, 0.4) is 0 Å². The van der Waals surface area contributed by atoms with Crippen LogP contribution < -0.4 is 15.8 Å². The molecule has 1 fully saturated rings. The Hall–Kier alpha value is -3.74. The summed E-state index contributed by atoms with van der Waals surface area (Å²) in [4.78, 5) is 10.5. The molecule has 9 heteroatoms. The Morgan fingerprint density at radius 1 is 1.36 bits per heavy atom. The van der Waals surface area contributed by atoms with Gasteiger partial charge in [-0.25, -0.2) is 14.4 Å². The second kappa shape index (κ2) is 9.40. The Balaban J connectivity index is 1.71. The minimum atomic E-state index is -0.704. The Bertz CT molecular complexity index is 1270. The molecular formula is C24H26FN7O. The molecule has 1 saturated heterocycles. The molecule has 0 spiro atoms. The molecule has 33 heavy (non-hydrogen) atoms. The first-order valence-corrected chi connectivity index (χ1v) is 10.7. The number of hydrogen-bond donors (Lipinski definition) is 2. The third-order valence-corrected chi connectivity index (χ3v) is 5.91. The normalized spacial score (nSPS) is 15.4. The van der Waals surface area contributed by atoms with Crippen molar-refractivity contribution in [2.75, 3.05) is 26.2 Å². The maximum Gasteiger partial charge on any atom is 0.240 e. The monoisotopic (exact) mass is 447 g/mol. The van der Waals surface area contributed by atoms with Gasteiger partial charge in [0.05, 0.1) is 17.3 Å². The highest BCUT2D eigenvalue weighted by molar-refractivity contribution is 5.83. The summed E-state index contributed by atoms with van der Waals surface area (Å²) in [6.07, 6.45) is 4.76. The minimum absolute atomic E-state index is 0.0215. The number of nitriles is 1. The number of aromatic nitrogens is 3. The second-order valence-corrected chi connectivity index (χ2v) is 7.85. The molecule has 1 aliphatic heterocycles. The van der Waals surface area contributed by atoms with Crippen LogP contribution in [0.5, 0.6) is 11.6 Å². The summed E-state index contributed by atoms with van der Waals surface area (Å²) >= 11 is 0. The topological polar surface area (TPSA) is 105 Å². The molecule has 1 unspecified atom stereocenters. The van der Waals surface area contributed by atoms with Crippen LogP contribution in [0.2, 0.25) is 0 Å². The van der Waals surface area contributed by atoms with Gasteiger partial charge in [0.1, 0.15) is 18.0 Å². The van der Waals surface area contributed by atoms with Crippen LogP contribution in [0, 0.1) is 24.1 Å². The summed E-state index contributed by atoms with van der Waals surface area (Å²) in [5, 5.41) is 13.6. The van der Waals surface area contributed by atoms with E-state index in [0.717, 1.165) is 43.1 Å². The highest BCUT2D eigenvalue weighted by Crippen LogP contribution is 2.34. The zero-order valence-corrected chi connectivity index (χ0v) is 18.7. The molecular weight excluding hydrogens is 421 g/mol. The number of benzene rings is 1. The van der Waals surface area contributed by atoms with E-state index in [1.807, 2.05) is 24.6 Å². The number of nitrogens with zero attached hydrogens (tertiary/aromatic N) is 5. The van der Waals surface area contributed by atoms with Gasteiger partial charge in [-0.3, -0.25) is 0 Å². The van der Waals surface area contributed by atoms with Gasteiger partial charge in [0.25, 0.3) is 0 Å². The third-order valence-electron chi connectivity index (χ3n) is 5.91. The third kappa shape index (κ3) is 4.18. The van der Waals surface area contributed by atoms with Gasteiger partial charge in [-0.1, -0.05) is 12.7 Å². The standard InChI is InChI=1S/C24H26FN7O/c1-4-5-19(32-10-8-28-9-11-32)22(27)23-17(13-26)24(30-14-29-23)33-20-7-6-18-16(21(20)25)12-15(2)31(18)3/h4-7,12,14,22,28H,1,8-11,27H2,2-3H3/b19-5+. The van der Waals surface area contributed by atoms with E-state index >= 15 is 4.39 Å². The first kappa shape index (κ1) is 22.5. The van der Waals surface area contributed by atoms with Crippen molar-refractivity contribution in [1.82, 2.24) is 24.8 Å². The van der Waals surface area contributed by atoms with E-state index in [2.05, 4.69) is 32.8 Å². The lowest BCUT2D eigenvalue weighted by atomic mass is 10.0. The molecule has 1 aliphatic rings. The molecule has 0 bridgehead atoms. The van der Waals surface area contributed by atoms with E-state index < -0.39 is 11.9 Å². The predicted octanol–water partition coefficient (Wildman–Crippen LogP) is 3.05. The fraction of sp³-hybridized carbons (Fsp3) is 0.292. The van der Waals surface area contributed by atoms with Crippen molar-refractivity contribution in [2.45, 2.75) is 13.0 Å². The number of halogens is 1. The molecule has 3 N–H and O–H groups in total. The molecule has 170 valence electrons. The summed E-state index contributed by atoms with van der Waals surface area (Å²) in [6.45, 7) is 8.88. The summed E-state index contributed by atoms with van der Waals surface area (Å²) < 4.78 is 22.9. The van der Waals surface area contributed by atoms with Gasteiger partial charge in [0, 0.05) is 50.0 Å². The molecule has 4 rings (SSSR count). The van der Waals surface area contributed by atoms with Crippen molar-refractivity contribution >= 4 is 10.9 Å². The van der Waals surface area contributed by atoms with Crippen LogP contribution in [0.15, 0.2) is 49.0 Å². The van der Waals surface area contributed by atoms with Gasteiger partial charge < -0.3 is 25.3 Å². The van der Waals surface area contributed by atoms with Crippen molar-refractivity contribution in [1.29, 1.82) is 5.26 Å². The highest BCUT2D eigenvalue weighted by atomic mass is 19.1. The number of fused-ring (bicyclic) bond motifs is 1. The molecule has 3 heterocycles. The number of allylic oxidation sites excluding steroid dienone is 2. The lowest BCUT2D eigenvalue weighted by Crippen LogP contribution is -2.44. The van der Waals surface area contributed by atoms with Gasteiger partial charge in [0.2, 0.25) is 5.88 Å². The Kier molecular flexibility index (Phi) is 6.40.